The Morgan fingerprint density at radius 1 is 1.14 bits per heavy atom. The second-order valence-electron chi connectivity index (χ2n) is 5.74. The van der Waals surface area contributed by atoms with Crippen LogP contribution in [0.15, 0.2) is 50.9 Å². The average Bonchev–Trinajstić information content (AvgIpc) is 2.92. The number of esters is 1. The van der Waals surface area contributed by atoms with Crippen LogP contribution in [0, 0.1) is 0 Å². The quantitative estimate of drug-likeness (QED) is 0.294. The fraction of sp³-hybridized carbons (Fsp3) is 0.105. The third-order valence-electron chi connectivity index (χ3n) is 3.78. The summed E-state index contributed by atoms with van der Waals surface area (Å²) in [7, 11) is 1.42. The van der Waals surface area contributed by atoms with E-state index in [2.05, 4.69) is 37.3 Å². The summed E-state index contributed by atoms with van der Waals surface area (Å²) in [5.41, 5.74) is 3.57. The smallest absolute Gasteiger partial charge is 0.308 e. The summed E-state index contributed by atoms with van der Waals surface area (Å²) in [6.07, 6.45) is 1.45. The van der Waals surface area contributed by atoms with E-state index in [0.29, 0.717) is 15.7 Å². The first-order chi connectivity index (χ1) is 13.3. The summed E-state index contributed by atoms with van der Waals surface area (Å²) >= 11 is 6.64. The van der Waals surface area contributed by atoms with Crippen LogP contribution in [0.1, 0.15) is 12.5 Å². The molecule has 1 aliphatic heterocycles. The zero-order chi connectivity index (χ0) is 20.4. The summed E-state index contributed by atoms with van der Waals surface area (Å²) in [6, 6.07) is 10.1. The molecule has 0 spiro atoms. The number of nitrogens with zero attached hydrogens (tertiary/aromatic N) is 1. The third-order valence-corrected chi connectivity index (χ3v) is 4.90. The number of methoxy groups -OCH3 is 1. The average molecular weight is 510 g/mol. The molecule has 144 valence electrons. The van der Waals surface area contributed by atoms with Crippen LogP contribution in [0.5, 0.6) is 11.5 Å². The van der Waals surface area contributed by atoms with Gasteiger partial charge in [-0.1, -0.05) is 15.9 Å². The Bertz CT molecular complexity index is 1000. The fourth-order valence-corrected chi connectivity index (χ4v) is 3.37. The van der Waals surface area contributed by atoms with Crippen molar-refractivity contribution in [3.63, 3.8) is 0 Å². The standard InChI is InChI=1S/C19H14Br2N2O5/c1-10(24)28-17-15(21)8-11(9-16(17)27-2)7-14-18(25)22-23(19(14)26)13-5-3-12(20)4-6-13/h3-9H,1-2H3,(H,22,25)/b14-7+. The maximum Gasteiger partial charge on any atom is 0.308 e. The summed E-state index contributed by atoms with van der Waals surface area (Å²) in [4.78, 5) is 36.3. The van der Waals surface area contributed by atoms with Gasteiger partial charge in [0.15, 0.2) is 11.5 Å². The number of rotatable bonds is 4. The number of halogens is 2. The Kier molecular flexibility index (Phi) is 5.85. The molecule has 1 saturated heterocycles. The summed E-state index contributed by atoms with van der Waals surface area (Å²) in [6.45, 7) is 1.28. The number of anilines is 1. The minimum absolute atomic E-state index is 0.0305. The zero-order valence-corrected chi connectivity index (χ0v) is 18.0. The number of benzene rings is 2. The van der Waals surface area contributed by atoms with Crippen LogP contribution < -0.4 is 19.9 Å². The number of hydrogen-bond acceptors (Lipinski definition) is 5. The van der Waals surface area contributed by atoms with Gasteiger partial charge in [-0.2, -0.15) is 0 Å². The summed E-state index contributed by atoms with van der Waals surface area (Å²) < 4.78 is 11.7. The van der Waals surface area contributed by atoms with Crippen LogP contribution in [0.25, 0.3) is 6.08 Å². The molecule has 0 aromatic heterocycles. The fourth-order valence-electron chi connectivity index (χ4n) is 2.56. The summed E-state index contributed by atoms with van der Waals surface area (Å²) in [5, 5.41) is 1.18. The third kappa shape index (κ3) is 4.10. The number of hydrazine groups is 1. The van der Waals surface area contributed by atoms with E-state index in [-0.39, 0.29) is 17.1 Å². The molecule has 1 N–H and O–H groups in total. The van der Waals surface area contributed by atoms with Crippen molar-refractivity contribution in [1.82, 2.24) is 5.43 Å². The highest BCUT2D eigenvalue weighted by molar-refractivity contribution is 9.10. The Balaban J connectivity index is 1.95. The van der Waals surface area contributed by atoms with Gasteiger partial charge in [0.1, 0.15) is 5.57 Å². The van der Waals surface area contributed by atoms with Gasteiger partial charge in [0.05, 0.1) is 17.3 Å². The molecule has 1 heterocycles. The van der Waals surface area contributed by atoms with E-state index < -0.39 is 17.8 Å². The van der Waals surface area contributed by atoms with Crippen LogP contribution in [-0.2, 0) is 14.4 Å². The number of amides is 2. The molecule has 0 aliphatic carbocycles. The second-order valence-corrected chi connectivity index (χ2v) is 7.51. The molecule has 2 aromatic rings. The molecule has 3 rings (SSSR count). The van der Waals surface area contributed by atoms with E-state index >= 15 is 0 Å². The highest BCUT2D eigenvalue weighted by atomic mass is 79.9. The lowest BCUT2D eigenvalue weighted by molar-refractivity contribution is -0.132. The molecule has 1 fully saturated rings. The monoisotopic (exact) mass is 508 g/mol. The maximum atomic E-state index is 12.7. The van der Waals surface area contributed by atoms with Crippen LogP contribution in [0.4, 0.5) is 5.69 Å². The molecule has 0 saturated carbocycles. The van der Waals surface area contributed by atoms with Crippen molar-refractivity contribution in [2.24, 2.45) is 0 Å². The predicted octanol–water partition coefficient (Wildman–Crippen LogP) is 3.61. The molecule has 28 heavy (non-hydrogen) atoms. The minimum atomic E-state index is -0.521. The van der Waals surface area contributed by atoms with Crippen molar-refractivity contribution in [3.8, 4) is 11.5 Å². The Hall–Kier alpha value is -2.65. The molecular weight excluding hydrogens is 496 g/mol. The minimum Gasteiger partial charge on any atom is -0.493 e. The van der Waals surface area contributed by atoms with Crippen LogP contribution in [0.3, 0.4) is 0 Å². The molecule has 0 atom stereocenters. The highest BCUT2D eigenvalue weighted by Crippen LogP contribution is 2.37. The molecular formula is C19H14Br2N2O5. The first-order valence-electron chi connectivity index (χ1n) is 7.99. The van der Waals surface area contributed by atoms with Gasteiger partial charge >= 0.3 is 5.97 Å². The van der Waals surface area contributed by atoms with Crippen molar-refractivity contribution in [3.05, 3.63) is 56.5 Å². The normalized spacial score (nSPS) is 15.0. The van der Waals surface area contributed by atoms with Crippen molar-refractivity contribution in [1.29, 1.82) is 0 Å². The maximum absolute atomic E-state index is 12.7. The molecule has 0 unspecified atom stereocenters. The topological polar surface area (TPSA) is 84.9 Å². The van der Waals surface area contributed by atoms with E-state index in [1.54, 1.807) is 36.4 Å². The Morgan fingerprint density at radius 2 is 1.82 bits per heavy atom. The second kappa shape index (κ2) is 8.15. The van der Waals surface area contributed by atoms with Gasteiger partial charge in [-0.25, -0.2) is 5.01 Å². The van der Waals surface area contributed by atoms with Crippen LogP contribution in [0.2, 0.25) is 0 Å². The van der Waals surface area contributed by atoms with Crippen molar-refractivity contribution in [2.75, 3.05) is 12.1 Å². The van der Waals surface area contributed by atoms with Gasteiger partial charge < -0.3 is 9.47 Å². The lowest BCUT2D eigenvalue weighted by atomic mass is 10.1. The molecule has 2 aromatic carbocycles. The molecule has 1 aliphatic rings. The first-order valence-corrected chi connectivity index (χ1v) is 9.57. The molecule has 0 radical (unpaired) electrons. The van der Waals surface area contributed by atoms with Crippen LogP contribution in [-0.4, -0.2) is 24.9 Å². The highest BCUT2D eigenvalue weighted by Gasteiger charge is 2.34. The van der Waals surface area contributed by atoms with E-state index in [1.165, 1.54) is 25.1 Å². The lowest BCUT2D eigenvalue weighted by Crippen LogP contribution is -2.35. The van der Waals surface area contributed by atoms with E-state index in [9.17, 15) is 14.4 Å². The number of nitrogens with one attached hydrogen (secondary N) is 1. The van der Waals surface area contributed by atoms with Gasteiger partial charge in [0.25, 0.3) is 11.8 Å². The van der Waals surface area contributed by atoms with Gasteiger partial charge in [-0.15, -0.1) is 0 Å². The summed E-state index contributed by atoms with van der Waals surface area (Å²) in [5.74, 6) is -0.998. The first kappa shape index (κ1) is 20.1. The van der Waals surface area contributed by atoms with Crippen molar-refractivity contribution < 1.29 is 23.9 Å². The lowest BCUT2D eigenvalue weighted by Gasteiger charge is -2.14. The van der Waals surface area contributed by atoms with E-state index in [4.69, 9.17) is 9.47 Å². The largest absolute Gasteiger partial charge is 0.493 e. The van der Waals surface area contributed by atoms with Gasteiger partial charge in [-0.3, -0.25) is 19.8 Å². The van der Waals surface area contributed by atoms with Crippen molar-refractivity contribution in [2.45, 2.75) is 6.92 Å². The number of carbonyl (C=O) groups excluding carboxylic acids is 3. The number of ether oxygens (including phenoxy) is 2. The van der Waals surface area contributed by atoms with Crippen LogP contribution >= 0.6 is 31.9 Å². The van der Waals surface area contributed by atoms with Gasteiger partial charge in [0, 0.05) is 11.4 Å². The Labute approximate surface area is 177 Å². The predicted molar refractivity (Wildman–Crippen MR) is 110 cm³/mol. The van der Waals surface area contributed by atoms with Gasteiger partial charge in [0.2, 0.25) is 0 Å². The zero-order valence-electron chi connectivity index (χ0n) is 14.8. The molecule has 9 heteroatoms. The molecule has 7 nitrogen and oxygen atoms in total. The molecule has 2 amide bonds. The number of carbonyl (C=O) groups is 3. The SMILES string of the molecule is COc1cc(/C=C2\C(=O)NN(c3ccc(Br)cc3)C2=O)cc(Br)c1OC(C)=O. The Morgan fingerprint density at radius 3 is 2.43 bits per heavy atom. The number of hydrogen-bond donors (Lipinski definition) is 1. The van der Waals surface area contributed by atoms with Gasteiger partial charge in [-0.05, 0) is 64.0 Å². The van der Waals surface area contributed by atoms with Crippen molar-refractivity contribution >= 4 is 61.4 Å². The molecule has 0 bridgehead atoms. The van der Waals surface area contributed by atoms with E-state index in [0.717, 1.165) is 4.47 Å². The van der Waals surface area contributed by atoms with E-state index in [1.807, 2.05) is 0 Å².